The van der Waals surface area contributed by atoms with Crippen molar-refractivity contribution in [1.29, 1.82) is 0 Å². The predicted octanol–water partition coefficient (Wildman–Crippen LogP) is 1.19. The van der Waals surface area contributed by atoms with Gasteiger partial charge in [-0.3, -0.25) is 0 Å². The summed E-state index contributed by atoms with van der Waals surface area (Å²) in [6, 6.07) is 10.0. The van der Waals surface area contributed by atoms with Gasteiger partial charge in [-0.1, -0.05) is 0 Å². The molecular weight excluding hydrogens is 328 g/mol. The number of fused-ring (bicyclic) bond motifs is 1. The van der Waals surface area contributed by atoms with E-state index in [1.54, 1.807) is 6.33 Å². The molecular formula is C12H10N4Te. The van der Waals surface area contributed by atoms with Gasteiger partial charge in [0.05, 0.1) is 0 Å². The first-order chi connectivity index (χ1) is 8.40. The third-order valence-electron chi connectivity index (χ3n) is 2.52. The summed E-state index contributed by atoms with van der Waals surface area (Å²) in [6.07, 6.45) is 3.50. The molecule has 1 aromatic carbocycles. The predicted molar refractivity (Wildman–Crippen MR) is 67.9 cm³/mol. The molecule has 4 nitrogen and oxygen atoms in total. The molecule has 3 rings (SSSR count). The van der Waals surface area contributed by atoms with E-state index in [1.807, 2.05) is 41.2 Å². The molecule has 0 amide bonds. The zero-order valence-corrected chi connectivity index (χ0v) is 11.6. The summed E-state index contributed by atoms with van der Waals surface area (Å²) in [7, 11) is 0. The number of hydrogen-bond donors (Lipinski definition) is 0. The zero-order valence-electron chi connectivity index (χ0n) is 9.24. The fourth-order valence-electron chi connectivity index (χ4n) is 1.74. The van der Waals surface area contributed by atoms with Crippen LogP contribution in [0.4, 0.5) is 0 Å². The fourth-order valence-corrected chi connectivity index (χ4v) is 3.22. The molecule has 5 heteroatoms. The molecule has 0 spiro atoms. The molecule has 0 aliphatic carbocycles. The van der Waals surface area contributed by atoms with Crippen LogP contribution in [0.5, 0.6) is 0 Å². The van der Waals surface area contributed by atoms with Gasteiger partial charge in [0, 0.05) is 0 Å². The Balaban J connectivity index is 2.26. The van der Waals surface area contributed by atoms with Crippen LogP contribution >= 0.6 is 0 Å². The van der Waals surface area contributed by atoms with Crippen molar-refractivity contribution in [1.82, 2.24) is 19.7 Å². The Morgan fingerprint density at radius 2 is 1.94 bits per heavy atom. The molecule has 3 aromatic rings. The zero-order chi connectivity index (χ0) is 11.7. The normalized spacial score (nSPS) is 10.9. The molecule has 84 valence electrons. The van der Waals surface area contributed by atoms with E-state index in [0.717, 1.165) is 16.7 Å². The van der Waals surface area contributed by atoms with Gasteiger partial charge >= 0.3 is 109 Å². The van der Waals surface area contributed by atoms with Crippen molar-refractivity contribution in [2.24, 2.45) is 0 Å². The second-order valence-electron chi connectivity index (χ2n) is 3.51. The summed E-state index contributed by atoms with van der Waals surface area (Å²) in [5.41, 5.74) is 1.93. The Morgan fingerprint density at radius 1 is 1.12 bits per heavy atom. The summed E-state index contributed by atoms with van der Waals surface area (Å²) in [5.74, 6) is 0. The van der Waals surface area contributed by atoms with E-state index in [0.29, 0.717) is 0 Å². The molecule has 0 N–H and O–H groups in total. The van der Waals surface area contributed by atoms with E-state index >= 15 is 0 Å². The van der Waals surface area contributed by atoms with E-state index in [-0.39, 0.29) is 20.9 Å². The fraction of sp³-hybridized carbons (Fsp3) is 0.0833. The Labute approximate surface area is 109 Å². The molecule has 0 radical (unpaired) electrons. The van der Waals surface area contributed by atoms with Crippen LogP contribution in [0.1, 0.15) is 0 Å². The standard InChI is InChI=1S/C12H10N4Te/c1-17-12-10-7-15-16(11(10)13-8-14-12)9-5-3-2-4-6-9/h2-8H,1H3. The first-order valence-corrected chi connectivity index (χ1v) is 8.68. The summed E-state index contributed by atoms with van der Waals surface area (Å²) >= 11 is -0.225. The molecule has 0 aliphatic rings. The van der Waals surface area contributed by atoms with Gasteiger partial charge < -0.3 is 0 Å². The second-order valence-corrected chi connectivity index (χ2v) is 5.78. The van der Waals surface area contributed by atoms with Crippen LogP contribution in [0.15, 0.2) is 42.9 Å². The van der Waals surface area contributed by atoms with Crippen LogP contribution in [0, 0.1) is 0 Å². The van der Waals surface area contributed by atoms with Crippen LogP contribution in [-0.4, -0.2) is 40.7 Å². The third-order valence-corrected chi connectivity index (χ3v) is 4.56. The minimum atomic E-state index is -0.225. The molecule has 0 bridgehead atoms. The van der Waals surface area contributed by atoms with E-state index in [9.17, 15) is 0 Å². The molecule has 0 aliphatic heterocycles. The van der Waals surface area contributed by atoms with Crippen LogP contribution in [0.3, 0.4) is 0 Å². The van der Waals surface area contributed by atoms with Crippen molar-refractivity contribution < 1.29 is 0 Å². The maximum atomic E-state index is 4.41. The Bertz CT molecular complexity index is 648. The van der Waals surface area contributed by atoms with Crippen LogP contribution < -0.4 is 3.74 Å². The van der Waals surface area contributed by atoms with Crippen molar-refractivity contribution in [2.45, 2.75) is 4.97 Å². The van der Waals surface area contributed by atoms with Crippen LogP contribution in [0.2, 0.25) is 4.97 Å². The van der Waals surface area contributed by atoms with E-state index < -0.39 is 0 Å². The Hall–Kier alpha value is -1.44. The Morgan fingerprint density at radius 3 is 2.71 bits per heavy atom. The molecule has 0 unspecified atom stereocenters. The van der Waals surface area contributed by atoms with Gasteiger partial charge in [-0.05, 0) is 0 Å². The number of nitrogens with zero attached hydrogens (tertiary/aromatic N) is 4. The summed E-state index contributed by atoms with van der Waals surface area (Å²) in [5, 5.41) is 5.49. The van der Waals surface area contributed by atoms with Gasteiger partial charge in [-0.25, -0.2) is 0 Å². The minimum absolute atomic E-state index is 0.225. The number of rotatable bonds is 2. The van der Waals surface area contributed by atoms with Crippen molar-refractivity contribution in [2.75, 3.05) is 0 Å². The number of para-hydroxylation sites is 1. The van der Waals surface area contributed by atoms with E-state index in [1.165, 1.54) is 3.74 Å². The number of benzene rings is 1. The van der Waals surface area contributed by atoms with Crippen molar-refractivity contribution >= 4 is 35.7 Å². The molecule has 17 heavy (non-hydrogen) atoms. The van der Waals surface area contributed by atoms with Crippen molar-refractivity contribution in [3.63, 3.8) is 0 Å². The molecule has 2 heterocycles. The topological polar surface area (TPSA) is 43.6 Å². The van der Waals surface area contributed by atoms with Crippen LogP contribution in [-0.2, 0) is 0 Å². The molecule has 0 atom stereocenters. The molecule has 0 saturated heterocycles. The van der Waals surface area contributed by atoms with E-state index in [2.05, 4.69) is 20.0 Å². The Kier molecular flexibility index (Phi) is 2.79. The number of hydrogen-bond acceptors (Lipinski definition) is 3. The molecule has 0 saturated carbocycles. The van der Waals surface area contributed by atoms with Crippen molar-refractivity contribution in [3.8, 4) is 5.69 Å². The first kappa shape index (κ1) is 10.7. The summed E-state index contributed by atoms with van der Waals surface area (Å²) < 4.78 is 3.03. The molecule has 0 fully saturated rings. The van der Waals surface area contributed by atoms with Gasteiger partial charge in [0.1, 0.15) is 0 Å². The maximum absolute atomic E-state index is 4.41. The first-order valence-electron chi connectivity index (χ1n) is 5.18. The van der Waals surface area contributed by atoms with Crippen LogP contribution in [0.25, 0.3) is 16.7 Å². The quantitative estimate of drug-likeness (QED) is 0.660. The second kappa shape index (κ2) is 4.44. The van der Waals surface area contributed by atoms with Gasteiger partial charge in [0.25, 0.3) is 0 Å². The number of aromatic nitrogens is 4. The van der Waals surface area contributed by atoms with Gasteiger partial charge in [-0.15, -0.1) is 0 Å². The third kappa shape index (κ3) is 1.82. The van der Waals surface area contributed by atoms with Gasteiger partial charge in [-0.2, -0.15) is 0 Å². The SMILES string of the molecule is C[Te]c1ncnc2c1cnn2-c1ccccc1. The average molecular weight is 338 g/mol. The summed E-state index contributed by atoms with van der Waals surface area (Å²) in [6.45, 7) is 0. The average Bonchev–Trinajstić information content (AvgIpc) is 2.83. The molecule has 2 aromatic heterocycles. The summed E-state index contributed by atoms with van der Waals surface area (Å²) in [4.78, 5) is 10.9. The van der Waals surface area contributed by atoms with Gasteiger partial charge in [0.2, 0.25) is 0 Å². The van der Waals surface area contributed by atoms with E-state index in [4.69, 9.17) is 0 Å². The monoisotopic (exact) mass is 340 g/mol. The van der Waals surface area contributed by atoms with Gasteiger partial charge in [0.15, 0.2) is 0 Å². The van der Waals surface area contributed by atoms with Crippen molar-refractivity contribution in [3.05, 3.63) is 42.9 Å².